The molecule has 1 aromatic rings. The van der Waals surface area contributed by atoms with Crippen LogP contribution in [0.2, 0.25) is 0 Å². The lowest BCUT2D eigenvalue weighted by Gasteiger charge is -2.14. The normalized spacial score (nSPS) is 11.7. The van der Waals surface area contributed by atoms with Gasteiger partial charge in [-0.1, -0.05) is 0 Å². The second-order valence-electron chi connectivity index (χ2n) is 4.05. The Hall–Kier alpha value is -2.22. The highest BCUT2D eigenvalue weighted by molar-refractivity contribution is 5.82. The maximum atomic E-state index is 11.6. The molecule has 110 valence electrons. The molecule has 0 aromatic carbocycles. The number of carboxylic acid groups (broad SMARTS) is 1. The highest BCUT2D eigenvalue weighted by Gasteiger charge is 2.19. The summed E-state index contributed by atoms with van der Waals surface area (Å²) >= 11 is 0. The SMILES string of the molecule is COCCCC(NC(=O)NCc1ccncn1)C(=O)O. The van der Waals surface area contributed by atoms with Crippen LogP contribution in [0.3, 0.4) is 0 Å². The molecule has 0 aliphatic heterocycles. The zero-order chi connectivity index (χ0) is 14.8. The van der Waals surface area contributed by atoms with Crippen molar-refractivity contribution >= 4 is 12.0 Å². The number of nitrogens with one attached hydrogen (secondary N) is 2. The quantitative estimate of drug-likeness (QED) is 0.585. The van der Waals surface area contributed by atoms with Gasteiger partial charge in [0.15, 0.2) is 0 Å². The molecule has 1 rings (SSSR count). The summed E-state index contributed by atoms with van der Waals surface area (Å²) in [5, 5.41) is 13.9. The van der Waals surface area contributed by atoms with E-state index in [0.29, 0.717) is 25.1 Å². The third-order valence-corrected chi connectivity index (χ3v) is 2.52. The van der Waals surface area contributed by atoms with Crippen LogP contribution in [0.1, 0.15) is 18.5 Å². The van der Waals surface area contributed by atoms with Crippen molar-refractivity contribution in [2.75, 3.05) is 13.7 Å². The zero-order valence-electron chi connectivity index (χ0n) is 11.2. The van der Waals surface area contributed by atoms with E-state index < -0.39 is 18.0 Å². The molecule has 0 aliphatic rings. The van der Waals surface area contributed by atoms with Crippen molar-refractivity contribution in [2.24, 2.45) is 0 Å². The maximum Gasteiger partial charge on any atom is 0.326 e. The van der Waals surface area contributed by atoms with Gasteiger partial charge in [0.1, 0.15) is 12.4 Å². The van der Waals surface area contributed by atoms with Crippen LogP contribution in [0.15, 0.2) is 18.6 Å². The van der Waals surface area contributed by atoms with Crippen LogP contribution in [-0.4, -0.2) is 46.8 Å². The number of carbonyl (C=O) groups is 2. The van der Waals surface area contributed by atoms with Gasteiger partial charge in [-0.3, -0.25) is 0 Å². The monoisotopic (exact) mass is 282 g/mol. The van der Waals surface area contributed by atoms with Crippen molar-refractivity contribution in [3.05, 3.63) is 24.3 Å². The van der Waals surface area contributed by atoms with E-state index >= 15 is 0 Å². The Morgan fingerprint density at radius 2 is 2.30 bits per heavy atom. The second kappa shape index (κ2) is 8.81. The molecular weight excluding hydrogens is 264 g/mol. The number of aliphatic carboxylic acids is 1. The highest BCUT2D eigenvalue weighted by atomic mass is 16.5. The molecule has 20 heavy (non-hydrogen) atoms. The van der Waals surface area contributed by atoms with Crippen molar-refractivity contribution in [1.82, 2.24) is 20.6 Å². The van der Waals surface area contributed by atoms with Gasteiger partial charge < -0.3 is 20.5 Å². The number of hydrogen-bond acceptors (Lipinski definition) is 5. The van der Waals surface area contributed by atoms with Crippen molar-refractivity contribution in [1.29, 1.82) is 0 Å². The van der Waals surface area contributed by atoms with E-state index in [1.165, 1.54) is 13.4 Å². The molecule has 8 heteroatoms. The number of rotatable bonds is 8. The van der Waals surface area contributed by atoms with Crippen molar-refractivity contribution in [3.63, 3.8) is 0 Å². The van der Waals surface area contributed by atoms with Crippen molar-refractivity contribution in [2.45, 2.75) is 25.4 Å². The van der Waals surface area contributed by atoms with Crippen LogP contribution in [0.5, 0.6) is 0 Å². The van der Waals surface area contributed by atoms with Crippen LogP contribution in [0, 0.1) is 0 Å². The van der Waals surface area contributed by atoms with Gasteiger partial charge >= 0.3 is 12.0 Å². The van der Waals surface area contributed by atoms with Crippen LogP contribution >= 0.6 is 0 Å². The Morgan fingerprint density at radius 1 is 1.50 bits per heavy atom. The average molecular weight is 282 g/mol. The summed E-state index contributed by atoms with van der Waals surface area (Å²) in [5.74, 6) is -1.07. The molecule has 8 nitrogen and oxygen atoms in total. The number of amides is 2. The van der Waals surface area contributed by atoms with E-state index in [2.05, 4.69) is 20.6 Å². The molecule has 1 heterocycles. The molecule has 0 saturated heterocycles. The molecular formula is C12H18N4O4. The first-order valence-corrected chi connectivity index (χ1v) is 6.14. The Bertz CT molecular complexity index is 427. The molecule has 3 N–H and O–H groups in total. The minimum absolute atomic E-state index is 0.207. The third-order valence-electron chi connectivity index (χ3n) is 2.52. The van der Waals surface area contributed by atoms with Gasteiger partial charge in [-0.15, -0.1) is 0 Å². The van der Waals surface area contributed by atoms with Gasteiger partial charge in [0, 0.05) is 19.9 Å². The largest absolute Gasteiger partial charge is 0.480 e. The van der Waals surface area contributed by atoms with E-state index in [4.69, 9.17) is 9.84 Å². The molecule has 0 bridgehead atoms. The van der Waals surface area contributed by atoms with E-state index in [-0.39, 0.29) is 6.54 Å². The lowest BCUT2D eigenvalue weighted by atomic mass is 10.1. The molecule has 0 aliphatic carbocycles. The van der Waals surface area contributed by atoms with Crippen LogP contribution in [0.25, 0.3) is 0 Å². The maximum absolute atomic E-state index is 11.6. The second-order valence-corrected chi connectivity index (χ2v) is 4.05. The fraction of sp³-hybridized carbons (Fsp3) is 0.500. The van der Waals surface area contributed by atoms with E-state index in [0.717, 1.165) is 0 Å². The Kier molecular flexibility index (Phi) is 6.97. The molecule has 0 saturated carbocycles. The molecule has 1 aromatic heterocycles. The molecule has 0 radical (unpaired) electrons. The first kappa shape index (κ1) is 15.8. The number of ether oxygens (including phenoxy) is 1. The average Bonchev–Trinajstić information content (AvgIpc) is 2.45. The van der Waals surface area contributed by atoms with Gasteiger partial charge in [-0.2, -0.15) is 0 Å². The number of methoxy groups -OCH3 is 1. The van der Waals surface area contributed by atoms with Gasteiger partial charge in [0.05, 0.1) is 12.2 Å². The predicted molar refractivity (Wildman–Crippen MR) is 69.9 cm³/mol. The summed E-state index contributed by atoms with van der Waals surface area (Å²) in [6.07, 6.45) is 3.80. The summed E-state index contributed by atoms with van der Waals surface area (Å²) in [6.45, 7) is 0.660. The number of nitrogens with zero attached hydrogens (tertiary/aromatic N) is 2. The van der Waals surface area contributed by atoms with Crippen molar-refractivity contribution in [3.8, 4) is 0 Å². The minimum Gasteiger partial charge on any atom is -0.480 e. The van der Waals surface area contributed by atoms with E-state index in [1.807, 2.05) is 0 Å². The lowest BCUT2D eigenvalue weighted by Crippen LogP contribution is -2.45. The fourth-order valence-electron chi connectivity index (χ4n) is 1.49. The van der Waals surface area contributed by atoms with Crippen molar-refractivity contribution < 1.29 is 19.4 Å². The van der Waals surface area contributed by atoms with Crippen LogP contribution in [0.4, 0.5) is 4.79 Å². The number of carbonyl (C=O) groups excluding carboxylic acids is 1. The standard InChI is InChI=1S/C12H18N4O4/c1-20-6-2-3-10(11(17)18)16-12(19)14-7-9-4-5-13-8-15-9/h4-5,8,10H,2-3,6-7H2,1H3,(H,17,18)(H2,14,16,19). The van der Waals surface area contributed by atoms with Crippen LogP contribution in [-0.2, 0) is 16.1 Å². The molecule has 0 spiro atoms. The number of hydrogen-bond donors (Lipinski definition) is 3. The molecule has 0 fully saturated rings. The summed E-state index contributed by atoms with van der Waals surface area (Å²) in [5.41, 5.74) is 0.640. The third kappa shape index (κ3) is 6.10. The molecule has 1 unspecified atom stereocenters. The smallest absolute Gasteiger partial charge is 0.326 e. The Balaban J connectivity index is 2.36. The lowest BCUT2D eigenvalue weighted by molar-refractivity contribution is -0.139. The summed E-state index contributed by atoms with van der Waals surface area (Å²) in [7, 11) is 1.54. The molecule has 2 amide bonds. The highest BCUT2D eigenvalue weighted by Crippen LogP contribution is 1.98. The summed E-state index contributed by atoms with van der Waals surface area (Å²) in [4.78, 5) is 30.3. The summed E-state index contributed by atoms with van der Waals surface area (Å²) < 4.78 is 4.85. The summed E-state index contributed by atoms with van der Waals surface area (Å²) in [6, 6.07) is 0.178. The van der Waals surface area contributed by atoms with E-state index in [1.54, 1.807) is 12.3 Å². The minimum atomic E-state index is -1.07. The van der Waals surface area contributed by atoms with Gasteiger partial charge in [-0.05, 0) is 18.9 Å². The zero-order valence-corrected chi connectivity index (χ0v) is 11.2. The topological polar surface area (TPSA) is 113 Å². The number of carboxylic acids is 1. The predicted octanol–water partition coefficient (Wildman–Crippen LogP) is 0.156. The fourth-order valence-corrected chi connectivity index (χ4v) is 1.49. The Morgan fingerprint density at radius 3 is 2.90 bits per heavy atom. The van der Waals surface area contributed by atoms with E-state index in [9.17, 15) is 9.59 Å². The van der Waals surface area contributed by atoms with Gasteiger partial charge in [0.2, 0.25) is 0 Å². The van der Waals surface area contributed by atoms with Gasteiger partial charge in [-0.25, -0.2) is 19.6 Å². The molecule has 1 atom stereocenters. The first-order valence-electron chi connectivity index (χ1n) is 6.14. The number of urea groups is 1. The Labute approximate surface area is 116 Å². The number of aromatic nitrogens is 2. The first-order chi connectivity index (χ1) is 9.63. The van der Waals surface area contributed by atoms with Gasteiger partial charge in [0.25, 0.3) is 0 Å². The van der Waals surface area contributed by atoms with Crippen LogP contribution < -0.4 is 10.6 Å².